The SMILES string of the molecule is CCOc1ccc(C2=C(N3CCC(C)CC3)C(=O)N(c3cccc(C)c3C)C2=O)cc1. The lowest BCUT2D eigenvalue weighted by molar-refractivity contribution is -0.120. The van der Waals surface area contributed by atoms with Crippen LogP contribution in [0.25, 0.3) is 5.57 Å². The van der Waals surface area contributed by atoms with E-state index in [0.29, 0.717) is 29.5 Å². The minimum absolute atomic E-state index is 0.225. The zero-order valence-corrected chi connectivity index (χ0v) is 18.8. The Morgan fingerprint density at radius 2 is 1.65 bits per heavy atom. The van der Waals surface area contributed by atoms with Gasteiger partial charge in [0, 0.05) is 13.1 Å². The van der Waals surface area contributed by atoms with Crippen molar-refractivity contribution in [3.05, 3.63) is 64.9 Å². The molecule has 2 aliphatic rings. The smallest absolute Gasteiger partial charge is 0.282 e. The molecule has 0 radical (unpaired) electrons. The fraction of sp³-hybridized carbons (Fsp3) is 0.385. The summed E-state index contributed by atoms with van der Waals surface area (Å²) in [6.07, 6.45) is 2.04. The maximum absolute atomic E-state index is 13.7. The topological polar surface area (TPSA) is 49.9 Å². The number of carbonyl (C=O) groups excluding carboxylic acids is 2. The van der Waals surface area contributed by atoms with Crippen LogP contribution in [0.15, 0.2) is 48.2 Å². The predicted molar refractivity (Wildman–Crippen MR) is 123 cm³/mol. The molecule has 4 rings (SSSR count). The number of ether oxygens (including phenoxy) is 1. The molecule has 2 heterocycles. The van der Waals surface area contributed by atoms with Gasteiger partial charge in [-0.3, -0.25) is 9.59 Å². The Labute approximate surface area is 184 Å². The van der Waals surface area contributed by atoms with Crippen molar-refractivity contribution in [1.82, 2.24) is 4.90 Å². The fourth-order valence-corrected chi connectivity index (χ4v) is 4.39. The molecule has 1 fully saturated rings. The molecule has 5 heteroatoms. The van der Waals surface area contributed by atoms with Crippen molar-refractivity contribution >= 4 is 23.1 Å². The van der Waals surface area contributed by atoms with E-state index in [4.69, 9.17) is 4.74 Å². The lowest BCUT2D eigenvalue weighted by Crippen LogP contribution is -2.38. The lowest BCUT2D eigenvalue weighted by atomic mass is 9.97. The first-order chi connectivity index (χ1) is 14.9. The number of hydrogen-bond donors (Lipinski definition) is 0. The van der Waals surface area contributed by atoms with E-state index in [1.807, 2.05) is 63.2 Å². The zero-order valence-electron chi connectivity index (χ0n) is 18.8. The average Bonchev–Trinajstić information content (AvgIpc) is 3.02. The molecule has 0 atom stereocenters. The van der Waals surface area contributed by atoms with Crippen molar-refractivity contribution in [1.29, 1.82) is 0 Å². The maximum atomic E-state index is 13.7. The third kappa shape index (κ3) is 3.85. The number of rotatable bonds is 5. The third-order valence-electron chi connectivity index (χ3n) is 6.43. The average molecular weight is 419 g/mol. The first kappa shape index (κ1) is 21.2. The fourth-order valence-electron chi connectivity index (χ4n) is 4.39. The summed E-state index contributed by atoms with van der Waals surface area (Å²) in [6, 6.07) is 13.2. The molecule has 5 nitrogen and oxygen atoms in total. The molecule has 162 valence electrons. The quantitative estimate of drug-likeness (QED) is 0.660. The Morgan fingerprint density at radius 3 is 2.29 bits per heavy atom. The molecule has 0 aromatic heterocycles. The summed E-state index contributed by atoms with van der Waals surface area (Å²) in [7, 11) is 0. The second kappa shape index (κ2) is 8.58. The number of likely N-dealkylation sites (tertiary alicyclic amines) is 1. The van der Waals surface area contributed by atoms with Crippen molar-refractivity contribution in [2.24, 2.45) is 5.92 Å². The van der Waals surface area contributed by atoms with Gasteiger partial charge in [0.25, 0.3) is 11.8 Å². The summed E-state index contributed by atoms with van der Waals surface area (Å²) >= 11 is 0. The van der Waals surface area contributed by atoms with E-state index in [0.717, 1.165) is 48.4 Å². The molecule has 31 heavy (non-hydrogen) atoms. The number of benzene rings is 2. The van der Waals surface area contributed by atoms with E-state index in [9.17, 15) is 9.59 Å². The molecule has 0 unspecified atom stereocenters. The van der Waals surface area contributed by atoms with Crippen molar-refractivity contribution in [2.75, 3.05) is 24.6 Å². The Hall–Kier alpha value is -3.08. The van der Waals surface area contributed by atoms with Crippen LogP contribution in [0, 0.1) is 19.8 Å². The Kier molecular flexibility index (Phi) is 5.86. The van der Waals surface area contributed by atoms with Gasteiger partial charge in [0.1, 0.15) is 11.4 Å². The molecule has 0 bridgehead atoms. The Bertz CT molecular complexity index is 1030. The van der Waals surface area contributed by atoms with Crippen LogP contribution in [0.5, 0.6) is 5.75 Å². The highest BCUT2D eigenvalue weighted by Crippen LogP contribution is 2.38. The highest BCUT2D eigenvalue weighted by Gasteiger charge is 2.43. The molecule has 0 saturated carbocycles. The number of carbonyl (C=O) groups is 2. The molecule has 2 aliphatic heterocycles. The zero-order chi connectivity index (χ0) is 22.1. The van der Waals surface area contributed by atoms with Crippen LogP contribution in [0.2, 0.25) is 0 Å². The van der Waals surface area contributed by atoms with Crippen molar-refractivity contribution in [3.63, 3.8) is 0 Å². The van der Waals surface area contributed by atoms with Gasteiger partial charge < -0.3 is 9.64 Å². The maximum Gasteiger partial charge on any atom is 0.282 e. The van der Waals surface area contributed by atoms with Crippen LogP contribution < -0.4 is 9.64 Å². The van der Waals surface area contributed by atoms with Gasteiger partial charge in [-0.2, -0.15) is 0 Å². The Balaban J connectivity index is 1.80. The first-order valence-corrected chi connectivity index (χ1v) is 11.1. The normalized spacial score (nSPS) is 17.7. The van der Waals surface area contributed by atoms with Crippen LogP contribution in [-0.4, -0.2) is 36.4 Å². The van der Waals surface area contributed by atoms with E-state index in [-0.39, 0.29) is 11.8 Å². The summed E-state index contributed by atoms with van der Waals surface area (Å²) in [5, 5.41) is 0. The van der Waals surface area contributed by atoms with E-state index < -0.39 is 0 Å². The molecule has 0 spiro atoms. The number of nitrogens with zero attached hydrogens (tertiary/aromatic N) is 2. The van der Waals surface area contributed by atoms with Crippen LogP contribution in [0.4, 0.5) is 5.69 Å². The molecular weight excluding hydrogens is 388 g/mol. The Morgan fingerprint density at radius 1 is 0.968 bits per heavy atom. The number of hydrogen-bond acceptors (Lipinski definition) is 4. The first-order valence-electron chi connectivity index (χ1n) is 11.1. The number of amides is 2. The summed E-state index contributed by atoms with van der Waals surface area (Å²) < 4.78 is 5.56. The number of aryl methyl sites for hydroxylation is 1. The number of imide groups is 1. The predicted octanol–water partition coefficient (Wildman–Crippen LogP) is 4.72. The summed E-state index contributed by atoms with van der Waals surface area (Å²) in [4.78, 5) is 30.9. The summed E-state index contributed by atoms with van der Waals surface area (Å²) in [6.45, 7) is 10.3. The molecule has 2 aromatic rings. The van der Waals surface area contributed by atoms with Gasteiger partial charge in [0.2, 0.25) is 0 Å². The van der Waals surface area contributed by atoms with Gasteiger partial charge in [-0.1, -0.05) is 31.2 Å². The number of anilines is 1. The monoisotopic (exact) mass is 418 g/mol. The van der Waals surface area contributed by atoms with Crippen LogP contribution in [-0.2, 0) is 9.59 Å². The van der Waals surface area contributed by atoms with Crippen molar-refractivity contribution in [2.45, 2.75) is 40.5 Å². The molecule has 2 aromatic carbocycles. The standard InChI is InChI=1S/C26H30N2O3/c1-5-31-21-11-9-20(10-12-21)23-24(27-15-13-17(2)14-16-27)26(30)28(25(23)29)22-8-6-7-18(3)19(22)4/h6-12,17H,5,13-16H2,1-4H3. The second-order valence-electron chi connectivity index (χ2n) is 8.52. The molecule has 1 saturated heterocycles. The largest absolute Gasteiger partial charge is 0.494 e. The van der Waals surface area contributed by atoms with E-state index in [2.05, 4.69) is 11.8 Å². The van der Waals surface area contributed by atoms with Crippen LogP contribution >= 0.6 is 0 Å². The van der Waals surface area contributed by atoms with Crippen molar-refractivity contribution < 1.29 is 14.3 Å². The summed E-state index contributed by atoms with van der Waals surface area (Å²) in [5.41, 5.74) is 4.44. The molecule has 0 N–H and O–H groups in total. The third-order valence-corrected chi connectivity index (χ3v) is 6.43. The van der Waals surface area contributed by atoms with E-state index in [1.54, 1.807) is 0 Å². The highest BCUT2D eigenvalue weighted by atomic mass is 16.5. The highest BCUT2D eigenvalue weighted by molar-refractivity contribution is 6.45. The van der Waals surface area contributed by atoms with E-state index >= 15 is 0 Å². The van der Waals surface area contributed by atoms with Gasteiger partial charge in [-0.15, -0.1) is 0 Å². The minimum atomic E-state index is -0.253. The van der Waals surface area contributed by atoms with Gasteiger partial charge in [-0.05, 0) is 74.4 Å². The number of piperidine rings is 1. The van der Waals surface area contributed by atoms with Gasteiger partial charge in [0.05, 0.1) is 17.9 Å². The van der Waals surface area contributed by atoms with Crippen molar-refractivity contribution in [3.8, 4) is 5.75 Å². The van der Waals surface area contributed by atoms with Crippen LogP contribution in [0.1, 0.15) is 43.4 Å². The van der Waals surface area contributed by atoms with E-state index in [1.165, 1.54) is 4.90 Å². The van der Waals surface area contributed by atoms with Gasteiger partial charge in [-0.25, -0.2) is 4.90 Å². The van der Waals surface area contributed by atoms with Gasteiger partial charge >= 0.3 is 0 Å². The lowest BCUT2D eigenvalue weighted by Gasteiger charge is -2.32. The second-order valence-corrected chi connectivity index (χ2v) is 8.52. The molecule has 0 aliphatic carbocycles. The van der Waals surface area contributed by atoms with Gasteiger partial charge in [0.15, 0.2) is 0 Å². The molecule has 2 amide bonds. The minimum Gasteiger partial charge on any atom is -0.494 e. The molecular formula is C26H30N2O3. The van der Waals surface area contributed by atoms with Crippen LogP contribution in [0.3, 0.4) is 0 Å². The summed E-state index contributed by atoms with van der Waals surface area (Å²) in [5.74, 6) is 0.907.